The summed E-state index contributed by atoms with van der Waals surface area (Å²) in [7, 11) is 6.02. The third-order valence-corrected chi connectivity index (χ3v) is 7.00. The summed E-state index contributed by atoms with van der Waals surface area (Å²) < 4.78 is 11.4. The molecule has 1 aromatic carbocycles. The van der Waals surface area contributed by atoms with Crippen molar-refractivity contribution in [3.63, 3.8) is 0 Å². The van der Waals surface area contributed by atoms with E-state index in [2.05, 4.69) is 0 Å². The second-order valence-corrected chi connectivity index (χ2v) is 8.73. The van der Waals surface area contributed by atoms with Crippen molar-refractivity contribution in [1.82, 2.24) is 0 Å². The van der Waals surface area contributed by atoms with Crippen molar-refractivity contribution >= 4 is 43.5 Å². The molecular weight excluding hydrogens is 222 g/mol. The molecule has 1 nitrogen and oxygen atoms in total. The first-order valence-electron chi connectivity index (χ1n) is 2.82. The Bertz CT molecular complexity index is 277. The Kier molecular flexibility index (Phi) is 3.32. The Hall–Kier alpha value is 0.380. The summed E-state index contributed by atoms with van der Waals surface area (Å²) in [5.41, 5.74) is -2.87. The average molecular weight is 227 g/mol. The Morgan fingerprint density at radius 3 is 2.27 bits per heavy atom. The number of benzene rings is 1. The first kappa shape index (κ1) is 9.47. The molecule has 0 aliphatic rings. The maximum Gasteiger partial charge on any atom is 0.265 e. The van der Waals surface area contributed by atoms with Crippen LogP contribution in [-0.2, 0) is 4.57 Å². The first-order valence-corrected chi connectivity index (χ1v) is 7.68. The van der Waals surface area contributed by atoms with Gasteiger partial charge in [0.1, 0.15) is 0 Å². The number of halogens is 2. The molecule has 0 heterocycles. The van der Waals surface area contributed by atoms with E-state index in [0.717, 1.165) is 0 Å². The van der Waals surface area contributed by atoms with Gasteiger partial charge in [-0.25, -0.2) is 0 Å². The molecule has 60 valence electrons. The van der Waals surface area contributed by atoms with E-state index in [9.17, 15) is 4.57 Å². The minimum absolute atomic E-state index is 0.585. The second kappa shape index (κ2) is 3.86. The maximum absolute atomic E-state index is 11.4. The van der Waals surface area contributed by atoms with Crippen LogP contribution in [-0.4, -0.2) is 0 Å². The molecule has 1 atom stereocenters. The molecule has 11 heavy (non-hydrogen) atoms. The lowest BCUT2D eigenvalue weighted by molar-refractivity contribution is 0.598. The van der Waals surface area contributed by atoms with Gasteiger partial charge in [-0.1, -0.05) is 18.2 Å². The Balaban J connectivity index is 3.03. The van der Waals surface area contributed by atoms with Crippen LogP contribution in [0.1, 0.15) is 0 Å². The molecule has 0 saturated heterocycles. The van der Waals surface area contributed by atoms with Crippen molar-refractivity contribution < 1.29 is 4.57 Å². The summed E-state index contributed by atoms with van der Waals surface area (Å²) in [4.78, 5) is 0. The van der Waals surface area contributed by atoms with Gasteiger partial charge in [-0.15, -0.1) is 0 Å². The van der Waals surface area contributed by atoms with Gasteiger partial charge in [0.05, 0.1) is 0 Å². The third-order valence-electron chi connectivity index (χ3n) is 1.15. The van der Waals surface area contributed by atoms with E-state index in [1.54, 1.807) is 24.3 Å². The predicted molar refractivity (Wildman–Crippen MR) is 53.0 cm³/mol. The minimum Gasteiger partial charge on any atom is -0.288 e. The van der Waals surface area contributed by atoms with Gasteiger partial charge in [-0.05, 0) is 34.1 Å². The van der Waals surface area contributed by atoms with Gasteiger partial charge in [-0.3, -0.25) is 4.57 Å². The van der Waals surface area contributed by atoms with Crippen molar-refractivity contribution in [3.05, 3.63) is 30.3 Å². The van der Waals surface area contributed by atoms with Crippen LogP contribution in [0.5, 0.6) is 0 Å². The monoisotopic (exact) mass is 226 g/mol. The molecule has 0 saturated carbocycles. The number of hydrogen-bond donors (Lipinski definition) is 0. The normalized spacial score (nSPS) is 15.8. The second-order valence-electron chi connectivity index (χ2n) is 1.88. The van der Waals surface area contributed by atoms with E-state index in [0.29, 0.717) is 15.9 Å². The molecule has 0 spiro atoms. The van der Waals surface area contributed by atoms with Crippen LogP contribution in [0.2, 0.25) is 0 Å². The van der Waals surface area contributed by atoms with E-state index in [1.807, 2.05) is 6.07 Å². The molecule has 0 aliphatic heterocycles. The highest BCUT2D eigenvalue weighted by atomic mass is 35.8. The summed E-state index contributed by atoms with van der Waals surface area (Å²) >= 11 is 5.63. The summed E-state index contributed by atoms with van der Waals surface area (Å²) in [5, 5.41) is 0.585. The molecular formula is C6H5Cl2OPS. The van der Waals surface area contributed by atoms with Crippen LogP contribution in [0.15, 0.2) is 30.3 Å². The highest BCUT2D eigenvalue weighted by Crippen LogP contribution is 2.63. The molecule has 0 radical (unpaired) electrons. The summed E-state index contributed by atoms with van der Waals surface area (Å²) in [5.74, 6) is 0. The highest BCUT2D eigenvalue weighted by molar-refractivity contribution is 8.76. The summed E-state index contributed by atoms with van der Waals surface area (Å²) in [6.45, 7) is 0. The highest BCUT2D eigenvalue weighted by Gasteiger charge is 2.20. The predicted octanol–water partition coefficient (Wildman–Crippen LogP) is 3.63. The number of hydrogen-bond acceptors (Lipinski definition) is 2. The van der Waals surface area contributed by atoms with Gasteiger partial charge in [0.15, 0.2) is 0 Å². The van der Waals surface area contributed by atoms with Crippen LogP contribution in [0.25, 0.3) is 0 Å². The molecule has 0 amide bonds. The standard InChI is InChI=1S/C6H5Cl2OPS/c7-10(9,11-8)6-4-2-1-3-5-6/h1-5H. The van der Waals surface area contributed by atoms with Gasteiger partial charge in [0.2, 0.25) is 0 Å². The molecule has 1 unspecified atom stereocenters. The lowest BCUT2D eigenvalue weighted by Gasteiger charge is -2.03. The molecule has 1 rings (SSSR count). The van der Waals surface area contributed by atoms with Crippen LogP contribution >= 0.6 is 38.2 Å². The fourth-order valence-corrected chi connectivity index (χ4v) is 2.91. The van der Waals surface area contributed by atoms with Crippen molar-refractivity contribution in [1.29, 1.82) is 0 Å². The first-order chi connectivity index (χ1) is 5.17. The zero-order valence-electron chi connectivity index (χ0n) is 5.41. The van der Waals surface area contributed by atoms with Crippen molar-refractivity contribution in [2.24, 2.45) is 0 Å². The third kappa shape index (κ3) is 2.41. The largest absolute Gasteiger partial charge is 0.288 e. The average Bonchev–Trinajstić information content (AvgIpc) is 2.06. The van der Waals surface area contributed by atoms with E-state index < -0.39 is 5.70 Å². The minimum atomic E-state index is -2.87. The van der Waals surface area contributed by atoms with Crippen LogP contribution in [0.3, 0.4) is 0 Å². The lowest BCUT2D eigenvalue weighted by Crippen LogP contribution is -1.94. The van der Waals surface area contributed by atoms with E-state index in [4.69, 9.17) is 21.9 Å². The van der Waals surface area contributed by atoms with E-state index >= 15 is 0 Å². The van der Waals surface area contributed by atoms with Gasteiger partial charge >= 0.3 is 0 Å². The van der Waals surface area contributed by atoms with Crippen molar-refractivity contribution in [3.8, 4) is 0 Å². The molecule has 0 aromatic heterocycles. The summed E-state index contributed by atoms with van der Waals surface area (Å²) in [6, 6.07) is 8.78. The molecule has 0 bridgehead atoms. The van der Waals surface area contributed by atoms with Gasteiger partial charge < -0.3 is 0 Å². The van der Waals surface area contributed by atoms with Crippen LogP contribution < -0.4 is 5.30 Å². The zero-order valence-corrected chi connectivity index (χ0v) is 8.63. The Morgan fingerprint density at radius 2 is 1.82 bits per heavy atom. The van der Waals surface area contributed by atoms with Gasteiger partial charge in [0, 0.05) is 15.9 Å². The maximum atomic E-state index is 11.4. The van der Waals surface area contributed by atoms with Gasteiger partial charge in [-0.2, -0.15) is 0 Å². The van der Waals surface area contributed by atoms with Gasteiger partial charge in [0.25, 0.3) is 5.70 Å². The Labute approximate surface area is 78.5 Å². The Morgan fingerprint density at radius 1 is 1.27 bits per heavy atom. The molecule has 5 heteroatoms. The smallest absolute Gasteiger partial charge is 0.265 e. The molecule has 1 aromatic rings. The zero-order chi connectivity index (χ0) is 8.32. The molecule has 0 aliphatic carbocycles. The number of rotatable bonds is 2. The van der Waals surface area contributed by atoms with Crippen molar-refractivity contribution in [2.75, 3.05) is 0 Å². The SMILES string of the molecule is O=P(Cl)(SCl)c1ccccc1. The molecule has 0 N–H and O–H groups in total. The van der Waals surface area contributed by atoms with Crippen LogP contribution in [0, 0.1) is 0 Å². The van der Waals surface area contributed by atoms with Crippen LogP contribution in [0.4, 0.5) is 0 Å². The quantitative estimate of drug-likeness (QED) is 0.717. The van der Waals surface area contributed by atoms with E-state index in [1.165, 1.54) is 0 Å². The summed E-state index contributed by atoms with van der Waals surface area (Å²) in [6.07, 6.45) is 0. The van der Waals surface area contributed by atoms with Crippen molar-refractivity contribution in [2.45, 2.75) is 0 Å². The molecule has 0 fully saturated rings. The fraction of sp³-hybridized carbons (Fsp3) is 0. The fourth-order valence-electron chi connectivity index (χ4n) is 0.646. The topological polar surface area (TPSA) is 17.1 Å². The van der Waals surface area contributed by atoms with E-state index in [-0.39, 0.29) is 0 Å². The lowest BCUT2D eigenvalue weighted by atomic mass is 10.4.